The third-order valence-electron chi connectivity index (χ3n) is 3.22. The summed E-state index contributed by atoms with van der Waals surface area (Å²) in [5, 5.41) is 2.43. The first-order chi connectivity index (χ1) is 11.0. The minimum Gasteiger partial charge on any atom is -0.267 e. The molecule has 4 nitrogen and oxygen atoms in total. The molecule has 1 heterocycles. The lowest BCUT2D eigenvalue weighted by molar-refractivity contribution is -0.117. The van der Waals surface area contributed by atoms with Gasteiger partial charge in [0.1, 0.15) is 5.57 Å². The third kappa shape index (κ3) is 3.20. The fraction of sp³-hybridized carbons (Fsp3) is 0. The smallest absolute Gasteiger partial charge is 0.267 e. The van der Waals surface area contributed by atoms with E-state index in [4.69, 9.17) is 34.8 Å². The molecule has 1 aliphatic rings. The minimum atomic E-state index is -0.513. The van der Waals surface area contributed by atoms with E-state index in [0.29, 0.717) is 26.3 Å². The summed E-state index contributed by atoms with van der Waals surface area (Å²) in [6.07, 6.45) is 1.43. The number of benzene rings is 2. The van der Waals surface area contributed by atoms with E-state index in [1.54, 1.807) is 42.5 Å². The zero-order valence-electron chi connectivity index (χ0n) is 11.5. The molecule has 1 aliphatic heterocycles. The highest BCUT2D eigenvalue weighted by molar-refractivity contribution is 6.37. The predicted molar refractivity (Wildman–Crippen MR) is 91.5 cm³/mol. The highest BCUT2D eigenvalue weighted by Crippen LogP contribution is 2.27. The molecule has 0 atom stereocenters. The van der Waals surface area contributed by atoms with Gasteiger partial charge in [-0.25, -0.2) is 5.01 Å². The number of amides is 2. The second-order valence-corrected chi connectivity index (χ2v) is 6.07. The van der Waals surface area contributed by atoms with Crippen molar-refractivity contribution in [2.24, 2.45) is 0 Å². The van der Waals surface area contributed by atoms with Crippen molar-refractivity contribution in [2.75, 3.05) is 5.01 Å². The SMILES string of the molecule is O=C1NN(c2cccc(Cl)c2)C(=O)C1=Cc1ccc(Cl)cc1Cl. The van der Waals surface area contributed by atoms with Crippen molar-refractivity contribution in [3.63, 3.8) is 0 Å². The summed E-state index contributed by atoms with van der Waals surface area (Å²) < 4.78 is 0. The van der Waals surface area contributed by atoms with Crippen molar-refractivity contribution in [3.05, 3.63) is 68.7 Å². The van der Waals surface area contributed by atoms with Gasteiger partial charge in [-0.15, -0.1) is 0 Å². The van der Waals surface area contributed by atoms with Crippen molar-refractivity contribution < 1.29 is 9.59 Å². The molecule has 0 bridgehead atoms. The monoisotopic (exact) mass is 366 g/mol. The van der Waals surface area contributed by atoms with Gasteiger partial charge in [-0.05, 0) is 42.0 Å². The Hall–Kier alpha value is -2.01. The van der Waals surface area contributed by atoms with Gasteiger partial charge in [0, 0.05) is 15.1 Å². The summed E-state index contributed by atoms with van der Waals surface area (Å²) in [7, 11) is 0. The molecule has 116 valence electrons. The third-order valence-corrected chi connectivity index (χ3v) is 4.02. The fourth-order valence-electron chi connectivity index (χ4n) is 2.13. The molecule has 0 radical (unpaired) electrons. The van der Waals surface area contributed by atoms with Crippen LogP contribution in [0.1, 0.15) is 5.56 Å². The Kier molecular flexibility index (Phi) is 4.31. The Balaban J connectivity index is 1.97. The van der Waals surface area contributed by atoms with Gasteiger partial charge in [0.2, 0.25) is 0 Å². The lowest BCUT2D eigenvalue weighted by Gasteiger charge is -2.14. The molecule has 0 saturated carbocycles. The molecule has 2 amide bonds. The van der Waals surface area contributed by atoms with E-state index in [2.05, 4.69) is 5.43 Å². The van der Waals surface area contributed by atoms with Crippen molar-refractivity contribution in [3.8, 4) is 0 Å². The number of carbonyl (C=O) groups excluding carboxylic acids is 2. The lowest BCUT2D eigenvalue weighted by atomic mass is 10.1. The number of halogens is 3. The first-order valence-electron chi connectivity index (χ1n) is 6.53. The second-order valence-electron chi connectivity index (χ2n) is 4.79. The van der Waals surface area contributed by atoms with Crippen LogP contribution in [0, 0.1) is 0 Å². The van der Waals surface area contributed by atoms with Crippen LogP contribution in [0.2, 0.25) is 15.1 Å². The molecule has 3 rings (SSSR count). The molecule has 0 aromatic heterocycles. The summed E-state index contributed by atoms with van der Waals surface area (Å²) in [4.78, 5) is 24.6. The summed E-state index contributed by atoms with van der Waals surface area (Å²) in [5.74, 6) is -0.996. The van der Waals surface area contributed by atoms with Crippen LogP contribution in [0.5, 0.6) is 0 Å². The Morgan fingerprint density at radius 3 is 2.39 bits per heavy atom. The molecule has 2 aromatic carbocycles. The number of hydrazine groups is 1. The van der Waals surface area contributed by atoms with Crippen LogP contribution >= 0.6 is 34.8 Å². The molecule has 23 heavy (non-hydrogen) atoms. The maximum atomic E-state index is 12.5. The Morgan fingerprint density at radius 2 is 1.70 bits per heavy atom. The zero-order chi connectivity index (χ0) is 16.6. The van der Waals surface area contributed by atoms with E-state index in [0.717, 1.165) is 5.01 Å². The molecule has 0 aliphatic carbocycles. The van der Waals surface area contributed by atoms with Crippen LogP contribution in [-0.4, -0.2) is 11.8 Å². The number of nitrogens with one attached hydrogen (secondary N) is 1. The van der Waals surface area contributed by atoms with Crippen LogP contribution in [0.4, 0.5) is 5.69 Å². The van der Waals surface area contributed by atoms with Gasteiger partial charge in [-0.2, -0.15) is 0 Å². The highest BCUT2D eigenvalue weighted by Gasteiger charge is 2.34. The van der Waals surface area contributed by atoms with E-state index in [1.807, 2.05) is 0 Å². The van der Waals surface area contributed by atoms with Gasteiger partial charge in [-0.3, -0.25) is 15.0 Å². The fourth-order valence-corrected chi connectivity index (χ4v) is 2.78. The molecular weight excluding hydrogens is 359 g/mol. The van der Waals surface area contributed by atoms with E-state index in [1.165, 1.54) is 6.08 Å². The summed E-state index contributed by atoms with van der Waals surface area (Å²) in [5.41, 5.74) is 3.48. The van der Waals surface area contributed by atoms with Crippen molar-refractivity contribution in [2.45, 2.75) is 0 Å². The van der Waals surface area contributed by atoms with Crippen LogP contribution in [-0.2, 0) is 9.59 Å². The lowest BCUT2D eigenvalue weighted by Crippen LogP contribution is -2.35. The van der Waals surface area contributed by atoms with Crippen molar-refractivity contribution in [1.29, 1.82) is 0 Å². The largest absolute Gasteiger partial charge is 0.282 e. The predicted octanol–water partition coefficient (Wildman–Crippen LogP) is 4.11. The van der Waals surface area contributed by atoms with Gasteiger partial charge in [0.15, 0.2) is 0 Å². The van der Waals surface area contributed by atoms with Crippen molar-refractivity contribution in [1.82, 2.24) is 5.43 Å². The number of rotatable bonds is 2. The summed E-state index contributed by atoms with van der Waals surface area (Å²) in [6, 6.07) is 11.4. The number of anilines is 1. The van der Waals surface area contributed by atoms with Gasteiger partial charge >= 0.3 is 0 Å². The van der Waals surface area contributed by atoms with Crippen molar-refractivity contribution >= 4 is 58.4 Å². The summed E-state index contributed by atoms with van der Waals surface area (Å²) >= 11 is 17.8. The Labute approximate surface area is 147 Å². The quantitative estimate of drug-likeness (QED) is 0.641. The van der Waals surface area contributed by atoms with Gasteiger partial charge < -0.3 is 0 Å². The van der Waals surface area contributed by atoms with Gasteiger partial charge in [-0.1, -0.05) is 46.9 Å². The maximum Gasteiger partial charge on any atom is 0.282 e. The van der Waals surface area contributed by atoms with E-state index in [-0.39, 0.29) is 5.57 Å². The first kappa shape index (κ1) is 15.9. The van der Waals surface area contributed by atoms with Gasteiger partial charge in [0.05, 0.1) is 5.69 Å². The zero-order valence-corrected chi connectivity index (χ0v) is 13.8. The average Bonchev–Trinajstić information content (AvgIpc) is 2.78. The number of hydrogen-bond acceptors (Lipinski definition) is 2. The average molecular weight is 368 g/mol. The molecule has 2 aromatic rings. The van der Waals surface area contributed by atoms with Gasteiger partial charge in [0.25, 0.3) is 11.8 Å². The second kappa shape index (κ2) is 6.24. The molecule has 1 fully saturated rings. The normalized spacial score (nSPS) is 16.1. The van der Waals surface area contributed by atoms with E-state index >= 15 is 0 Å². The molecule has 1 N–H and O–H groups in total. The molecule has 0 unspecified atom stereocenters. The van der Waals surface area contributed by atoms with Crippen LogP contribution in [0.3, 0.4) is 0 Å². The van der Waals surface area contributed by atoms with E-state index < -0.39 is 11.8 Å². The minimum absolute atomic E-state index is 0.0193. The topological polar surface area (TPSA) is 49.4 Å². The number of carbonyl (C=O) groups is 2. The Morgan fingerprint density at radius 1 is 0.957 bits per heavy atom. The molecule has 0 spiro atoms. The standard InChI is InChI=1S/C16H9Cl3N2O2/c17-10-2-1-3-12(7-10)21-16(23)13(15(22)20-21)6-9-4-5-11(18)8-14(9)19/h1-8H,(H,20,22). The van der Waals surface area contributed by atoms with E-state index in [9.17, 15) is 9.59 Å². The molecule has 1 saturated heterocycles. The van der Waals surface area contributed by atoms with Crippen LogP contribution in [0.25, 0.3) is 6.08 Å². The summed E-state index contributed by atoms with van der Waals surface area (Å²) in [6.45, 7) is 0. The van der Waals surface area contributed by atoms with Crippen LogP contribution in [0.15, 0.2) is 48.0 Å². The Bertz CT molecular complexity index is 849. The highest BCUT2D eigenvalue weighted by atomic mass is 35.5. The van der Waals surface area contributed by atoms with Crippen LogP contribution < -0.4 is 10.4 Å². The maximum absolute atomic E-state index is 12.5. The first-order valence-corrected chi connectivity index (χ1v) is 7.67. The number of nitrogens with zero attached hydrogens (tertiary/aromatic N) is 1. The number of hydrogen-bond donors (Lipinski definition) is 1. The molecular formula is C16H9Cl3N2O2. The molecule has 7 heteroatoms.